The lowest BCUT2D eigenvalue weighted by Crippen LogP contribution is -2.45. The minimum atomic E-state index is -0.177. The maximum atomic E-state index is 12.7. The molecule has 1 aliphatic carbocycles. The van der Waals surface area contributed by atoms with Gasteiger partial charge in [-0.3, -0.25) is 9.69 Å². The van der Waals surface area contributed by atoms with Gasteiger partial charge in [0.2, 0.25) is 0 Å². The molecule has 5 nitrogen and oxygen atoms in total. The molecule has 1 atom stereocenters. The molecular formula is C23H28N4O. The van der Waals surface area contributed by atoms with Crippen LogP contribution in [0.2, 0.25) is 0 Å². The van der Waals surface area contributed by atoms with Crippen LogP contribution in [0.5, 0.6) is 0 Å². The number of aromatic amines is 1. The van der Waals surface area contributed by atoms with Crippen LogP contribution in [0.15, 0.2) is 29.1 Å². The van der Waals surface area contributed by atoms with Crippen LogP contribution in [0.25, 0.3) is 0 Å². The lowest BCUT2D eigenvalue weighted by atomic mass is 9.77. The Bertz CT molecular complexity index is 995. The average molecular weight is 377 g/mol. The molecule has 1 fully saturated rings. The van der Waals surface area contributed by atoms with Crippen LogP contribution in [-0.4, -0.2) is 28.0 Å². The third kappa shape index (κ3) is 3.38. The van der Waals surface area contributed by atoms with E-state index in [1.54, 1.807) is 0 Å². The summed E-state index contributed by atoms with van der Waals surface area (Å²) in [7, 11) is 0. The number of likely N-dealkylation sites (tertiary alicyclic amines) is 1. The quantitative estimate of drug-likeness (QED) is 0.872. The lowest BCUT2D eigenvalue weighted by Gasteiger charge is -2.41. The summed E-state index contributed by atoms with van der Waals surface area (Å²) in [6.45, 7) is 9.08. The Hall–Kier alpha value is -2.45. The molecule has 1 saturated heterocycles. The fraction of sp³-hybridized carbons (Fsp3) is 0.522. The smallest absolute Gasteiger partial charge is 0.254 e. The molecule has 0 bridgehead atoms. The lowest BCUT2D eigenvalue weighted by molar-refractivity contribution is 0.136. The highest BCUT2D eigenvalue weighted by molar-refractivity contribution is 5.35. The first-order valence-electron chi connectivity index (χ1n) is 10.2. The van der Waals surface area contributed by atoms with Gasteiger partial charge in [0.15, 0.2) is 0 Å². The van der Waals surface area contributed by atoms with Crippen molar-refractivity contribution in [1.29, 1.82) is 5.26 Å². The van der Waals surface area contributed by atoms with E-state index in [4.69, 9.17) is 10.2 Å². The van der Waals surface area contributed by atoms with Crippen molar-refractivity contribution < 1.29 is 0 Å². The Morgan fingerprint density at radius 2 is 2.14 bits per heavy atom. The maximum absolute atomic E-state index is 12.7. The molecule has 2 aromatic rings. The van der Waals surface area contributed by atoms with E-state index in [2.05, 4.69) is 42.8 Å². The second-order valence-electron chi connectivity index (χ2n) is 9.40. The van der Waals surface area contributed by atoms with Crippen LogP contribution in [0, 0.1) is 11.3 Å². The number of hydrogen-bond acceptors (Lipinski definition) is 4. The van der Waals surface area contributed by atoms with Gasteiger partial charge in [-0.25, -0.2) is 4.98 Å². The number of nitrogens with zero attached hydrogens (tertiary/aromatic N) is 3. The van der Waals surface area contributed by atoms with E-state index in [-0.39, 0.29) is 16.4 Å². The monoisotopic (exact) mass is 376 g/mol. The molecule has 4 rings (SSSR count). The minimum Gasteiger partial charge on any atom is -0.310 e. The molecule has 1 aromatic heterocycles. The third-order valence-corrected chi connectivity index (χ3v) is 6.20. The number of aromatic nitrogens is 2. The summed E-state index contributed by atoms with van der Waals surface area (Å²) in [4.78, 5) is 23.2. The number of hydrogen-bond donors (Lipinski definition) is 1. The summed E-state index contributed by atoms with van der Waals surface area (Å²) in [5.41, 5.74) is 3.66. The first kappa shape index (κ1) is 18.9. The zero-order valence-electron chi connectivity index (χ0n) is 17.0. The zero-order valence-corrected chi connectivity index (χ0v) is 17.0. The first-order valence-corrected chi connectivity index (χ1v) is 10.2. The average Bonchev–Trinajstić information content (AvgIpc) is 3.00. The molecule has 2 aliphatic rings. The van der Waals surface area contributed by atoms with E-state index in [0.717, 1.165) is 62.4 Å². The van der Waals surface area contributed by atoms with E-state index in [0.29, 0.717) is 5.56 Å². The highest BCUT2D eigenvalue weighted by atomic mass is 16.1. The molecule has 146 valence electrons. The second-order valence-corrected chi connectivity index (χ2v) is 9.40. The molecule has 1 unspecified atom stereocenters. The van der Waals surface area contributed by atoms with Crippen molar-refractivity contribution in [3.63, 3.8) is 0 Å². The molecule has 1 spiro atoms. The molecule has 1 aliphatic heterocycles. The van der Waals surface area contributed by atoms with Gasteiger partial charge in [-0.1, -0.05) is 32.9 Å². The number of fused-ring (bicyclic) bond motifs is 2. The van der Waals surface area contributed by atoms with Gasteiger partial charge in [0, 0.05) is 29.5 Å². The SMILES string of the molecule is CC(C)(C)c1nc2c(c(=O)[nH]1)CCC21CCCN(Cc2cccc(C#N)c2)C1. The van der Waals surface area contributed by atoms with E-state index in [1.165, 1.54) is 5.56 Å². The van der Waals surface area contributed by atoms with Gasteiger partial charge >= 0.3 is 0 Å². The van der Waals surface area contributed by atoms with Crippen LogP contribution >= 0.6 is 0 Å². The highest BCUT2D eigenvalue weighted by Gasteiger charge is 2.45. The van der Waals surface area contributed by atoms with Gasteiger partial charge in [0.1, 0.15) is 5.82 Å². The predicted molar refractivity (Wildman–Crippen MR) is 109 cm³/mol. The van der Waals surface area contributed by atoms with E-state index >= 15 is 0 Å². The Labute approximate surface area is 166 Å². The molecule has 0 saturated carbocycles. The molecule has 0 amide bonds. The van der Waals surface area contributed by atoms with E-state index < -0.39 is 0 Å². The number of H-pyrrole nitrogens is 1. The van der Waals surface area contributed by atoms with Crippen molar-refractivity contribution >= 4 is 0 Å². The van der Waals surface area contributed by atoms with E-state index in [9.17, 15) is 4.79 Å². The molecule has 2 heterocycles. The number of nitriles is 1. The van der Waals surface area contributed by atoms with Gasteiger partial charge in [-0.2, -0.15) is 5.26 Å². The van der Waals surface area contributed by atoms with Crippen LogP contribution < -0.4 is 5.56 Å². The molecule has 1 N–H and O–H groups in total. The maximum Gasteiger partial charge on any atom is 0.254 e. The van der Waals surface area contributed by atoms with Crippen LogP contribution in [-0.2, 0) is 23.8 Å². The standard InChI is InChI=1S/C23H28N4O/c1-22(2,3)21-25-19-18(20(28)26-21)8-10-23(19)9-5-11-27(15-23)14-17-7-4-6-16(12-17)13-24/h4,6-7,12H,5,8-11,14-15H2,1-3H3,(H,25,26,28). The summed E-state index contributed by atoms with van der Waals surface area (Å²) < 4.78 is 0. The van der Waals surface area contributed by atoms with Crippen molar-refractivity contribution in [2.45, 2.75) is 63.8 Å². The molecular weight excluding hydrogens is 348 g/mol. The zero-order chi connectivity index (χ0) is 19.9. The topological polar surface area (TPSA) is 72.8 Å². The fourth-order valence-corrected chi connectivity index (χ4v) is 4.76. The number of benzene rings is 1. The Balaban J connectivity index is 1.64. The van der Waals surface area contributed by atoms with Gasteiger partial charge in [-0.15, -0.1) is 0 Å². The summed E-state index contributed by atoms with van der Waals surface area (Å²) in [5, 5.41) is 9.16. The Morgan fingerprint density at radius 1 is 1.32 bits per heavy atom. The fourth-order valence-electron chi connectivity index (χ4n) is 4.76. The minimum absolute atomic E-state index is 0.0192. The van der Waals surface area contributed by atoms with Gasteiger partial charge in [0.25, 0.3) is 5.56 Å². The molecule has 28 heavy (non-hydrogen) atoms. The van der Waals surface area contributed by atoms with E-state index in [1.807, 2.05) is 18.2 Å². The third-order valence-electron chi connectivity index (χ3n) is 6.20. The van der Waals surface area contributed by atoms with Crippen molar-refractivity contribution in [2.75, 3.05) is 13.1 Å². The summed E-state index contributed by atoms with van der Waals surface area (Å²) in [5.74, 6) is 0.788. The number of rotatable bonds is 2. The van der Waals surface area contributed by atoms with Gasteiger partial charge in [0.05, 0.1) is 17.3 Å². The van der Waals surface area contributed by atoms with Crippen LogP contribution in [0.3, 0.4) is 0 Å². The Kier molecular flexibility index (Phi) is 4.63. The van der Waals surface area contributed by atoms with Gasteiger partial charge < -0.3 is 4.98 Å². The van der Waals surface area contributed by atoms with Crippen molar-refractivity contribution in [3.8, 4) is 6.07 Å². The second kappa shape index (κ2) is 6.86. The molecule has 1 aromatic carbocycles. The highest BCUT2D eigenvalue weighted by Crippen LogP contribution is 2.43. The summed E-state index contributed by atoms with van der Waals surface area (Å²) in [6.07, 6.45) is 4.02. The van der Waals surface area contributed by atoms with Crippen molar-refractivity contribution in [1.82, 2.24) is 14.9 Å². The van der Waals surface area contributed by atoms with Crippen LogP contribution in [0.4, 0.5) is 0 Å². The normalized spacial score (nSPS) is 22.2. The number of piperidine rings is 1. The van der Waals surface area contributed by atoms with Crippen molar-refractivity contribution in [2.24, 2.45) is 0 Å². The van der Waals surface area contributed by atoms with Crippen LogP contribution in [0.1, 0.15) is 68.2 Å². The summed E-state index contributed by atoms with van der Waals surface area (Å²) >= 11 is 0. The largest absolute Gasteiger partial charge is 0.310 e. The van der Waals surface area contributed by atoms with Gasteiger partial charge in [-0.05, 0) is 49.9 Å². The predicted octanol–water partition coefficient (Wildman–Crippen LogP) is 3.42. The van der Waals surface area contributed by atoms with Crippen molar-refractivity contribution in [3.05, 3.63) is 62.8 Å². The Morgan fingerprint density at radius 3 is 2.89 bits per heavy atom. The first-order chi connectivity index (χ1) is 13.3. The molecule has 5 heteroatoms. The summed E-state index contributed by atoms with van der Waals surface area (Å²) in [6, 6.07) is 10.1. The number of nitrogens with one attached hydrogen (secondary N) is 1. The molecule has 0 radical (unpaired) electrons.